The first-order valence-corrected chi connectivity index (χ1v) is 10.3. The van der Waals surface area contributed by atoms with Crippen molar-refractivity contribution < 1.29 is 0 Å². The lowest BCUT2D eigenvalue weighted by atomic mass is 9.89. The fourth-order valence-electron chi connectivity index (χ4n) is 4.86. The van der Waals surface area contributed by atoms with Gasteiger partial charge in [0.1, 0.15) is 6.33 Å². The molecule has 0 radical (unpaired) electrons. The number of hydrogen-bond donors (Lipinski definition) is 1. The molecule has 5 rings (SSSR count). The van der Waals surface area contributed by atoms with E-state index in [4.69, 9.17) is 0 Å². The molecule has 2 saturated heterocycles. The molecular formula is C23H28N4. The van der Waals surface area contributed by atoms with Gasteiger partial charge in [-0.25, -0.2) is 4.98 Å². The number of rotatable bonds is 4. The van der Waals surface area contributed by atoms with Crippen molar-refractivity contribution in [2.24, 2.45) is 5.92 Å². The molecular weight excluding hydrogens is 332 g/mol. The van der Waals surface area contributed by atoms with Crippen LogP contribution in [0.3, 0.4) is 0 Å². The summed E-state index contributed by atoms with van der Waals surface area (Å²) >= 11 is 0. The molecule has 0 spiro atoms. The summed E-state index contributed by atoms with van der Waals surface area (Å²) in [6.45, 7) is 4.75. The second-order valence-electron chi connectivity index (χ2n) is 8.11. The summed E-state index contributed by atoms with van der Waals surface area (Å²) in [4.78, 5) is 7.15. The first-order valence-electron chi connectivity index (χ1n) is 10.3. The molecule has 140 valence electrons. The van der Waals surface area contributed by atoms with Crippen molar-refractivity contribution in [2.45, 2.75) is 38.3 Å². The zero-order valence-electron chi connectivity index (χ0n) is 15.8. The van der Waals surface area contributed by atoms with Crippen LogP contribution in [0.5, 0.6) is 0 Å². The SMILES string of the molecule is c1ccc2c(c1)ncn2-c1ccc(CN2CCCC(C3CCCN3)C2)cc1. The first-order chi connectivity index (χ1) is 13.4. The van der Waals surface area contributed by atoms with E-state index in [9.17, 15) is 0 Å². The van der Waals surface area contributed by atoms with Crippen LogP contribution in [-0.2, 0) is 6.54 Å². The Morgan fingerprint density at radius 3 is 2.74 bits per heavy atom. The Hall–Kier alpha value is -2.17. The van der Waals surface area contributed by atoms with Crippen molar-refractivity contribution in [1.82, 2.24) is 19.8 Å². The van der Waals surface area contributed by atoms with E-state index in [2.05, 4.69) is 62.2 Å². The van der Waals surface area contributed by atoms with Crippen LogP contribution in [0.1, 0.15) is 31.2 Å². The molecule has 2 atom stereocenters. The minimum atomic E-state index is 0.754. The molecule has 2 aliphatic rings. The van der Waals surface area contributed by atoms with Gasteiger partial charge < -0.3 is 5.32 Å². The number of piperidine rings is 1. The Morgan fingerprint density at radius 1 is 1.00 bits per heavy atom. The average Bonchev–Trinajstić information content (AvgIpc) is 3.39. The van der Waals surface area contributed by atoms with Crippen molar-refractivity contribution in [3.05, 3.63) is 60.4 Å². The van der Waals surface area contributed by atoms with E-state index in [0.717, 1.165) is 29.5 Å². The summed E-state index contributed by atoms with van der Waals surface area (Å²) in [7, 11) is 0. The fraction of sp³-hybridized carbons (Fsp3) is 0.435. The van der Waals surface area contributed by atoms with Crippen LogP contribution in [0.15, 0.2) is 54.9 Å². The number of para-hydroxylation sites is 2. The highest BCUT2D eigenvalue weighted by Gasteiger charge is 2.28. The molecule has 4 nitrogen and oxygen atoms in total. The molecule has 2 unspecified atom stereocenters. The summed E-state index contributed by atoms with van der Waals surface area (Å²) in [5.41, 5.74) is 4.79. The molecule has 4 heteroatoms. The Bertz CT molecular complexity index is 892. The number of likely N-dealkylation sites (tertiary alicyclic amines) is 1. The van der Waals surface area contributed by atoms with E-state index in [-0.39, 0.29) is 0 Å². The summed E-state index contributed by atoms with van der Waals surface area (Å²) in [6.07, 6.45) is 7.36. The van der Waals surface area contributed by atoms with Crippen LogP contribution in [0, 0.1) is 5.92 Å². The molecule has 2 aliphatic heterocycles. The minimum absolute atomic E-state index is 0.754. The Morgan fingerprint density at radius 2 is 1.89 bits per heavy atom. The van der Waals surface area contributed by atoms with Gasteiger partial charge in [-0.2, -0.15) is 0 Å². The molecule has 1 aromatic heterocycles. The van der Waals surface area contributed by atoms with E-state index in [0.29, 0.717) is 0 Å². The molecule has 2 aromatic carbocycles. The summed E-state index contributed by atoms with van der Waals surface area (Å²) in [5, 5.41) is 3.71. The van der Waals surface area contributed by atoms with Gasteiger partial charge in [-0.1, -0.05) is 24.3 Å². The lowest BCUT2D eigenvalue weighted by Gasteiger charge is -2.35. The second kappa shape index (κ2) is 7.45. The smallest absolute Gasteiger partial charge is 0.100 e. The Kier molecular flexibility index (Phi) is 4.68. The maximum Gasteiger partial charge on any atom is 0.100 e. The van der Waals surface area contributed by atoms with Gasteiger partial charge in [-0.3, -0.25) is 9.47 Å². The monoisotopic (exact) mass is 360 g/mol. The predicted molar refractivity (Wildman–Crippen MR) is 110 cm³/mol. The summed E-state index contributed by atoms with van der Waals surface area (Å²) in [6, 6.07) is 18.1. The third kappa shape index (κ3) is 3.52. The van der Waals surface area contributed by atoms with Gasteiger partial charge in [-0.05, 0) is 74.5 Å². The van der Waals surface area contributed by atoms with Crippen molar-refractivity contribution in [1.29, 1.82) is 0 Å². The van der Waals surface area contributed by atoms with Crippen LogP contribution in [0.2, 0.25) is 0 Å². The molecule has 0 amide bonds. The molecule has 0 bridgehead atoms. The maximum atomic E-state index is 4.51. The van der Waals surface area contributed by atoms with Gasteiger partial charge in [-0.15, -0.1) is 0 Å². The van der Waals surface area contributed by atoms with Crippen LogP contribution in [0.25, 0.3) is 16.7 Å². The number of benzene rings is 2. The van der Waals surface area contributed by atoms with Gasteiger partial charge in [0, 0.05) is 24.8 Å². The largest absolute Gasteiger partial charge is 0.314 e. The number of hydrogen-bond acceptors (Lipinski definition) is 3. The standard InChI is InChI=1S/C23H28N4/c1-2-8-23-22(6-1)25-17-27(23)20-11-9-18(10-12-20)15-26-14-4-5-19(16-26)21-7-3-13-24-21/h1-2,6,8-12,17,19,21,24H,3-5,7,13-16H2. The number of fused-ring (bicyclic) bond motifs is 1. The lowest BCUT2D eigenvalue weighted by Crippen LogP contribution is -2.43. The molecule has 2 fully saturated rings. The van der Waals surface area contributed by atoms with E-state index in [1.54, 1.807) is 0 Å². The number of nitrogens with one attached hydrogen (secondary N) is 1. The Balaban J connectivity index is 1.28. The van der Waals surface area contributed by atoms with E-state index < -0.39 is 0 Å². The predicted octanol–water partition coefficient (Wildman–Crippen LogP) is 3.99. The van der Waals surface area contributed by atoms with Crippen LogP contribution >= 0.6 is 0 Å². The maximum absolute atomic E-state index is 4.51. The zero-order chi connectivity index (χ0) is 18.1. The average molecular weight is 361 g/mol. The van der Waals surface area contributed by atoms with E-state index >= 15 is 0 Å². The highest BCUT2D eigenvalue weighted by molar-refractivity contribution is 5.77. The number of nitrogens with zero attached hydrogens (tertiary/aromatic N) is 3. The molecule has 0 saturated carbocycles. The van der Waals surface area contributed by atoms with E-state index in [1.807, 2.05) is 12.4 Å². The van der Waals surface area contributed by atoms with Crippen LogP contribution < -0.4 is 5.32 Å². The third-order valence-corrected chi connectivity index (χ3v) is 6.28. The number of imidazole rings is 1. The highest BCUT2D eigenvalue weighted by atomic mass is 15.1. The molecule has 0 aliphatic carbocycles. The fourth-order valence-corrected chi connectivity index (χ4v) is 4.86. The van der Waals surface area contributed by atoms with Crippen molar-refractivity contribution in [3.8, 4) is 5.69 Å². The molecule has 3 aromatic rings. The van der Waals surface area contributed by atoms with Crippen molar-refractivity contribution >= 4 is 11.0 Å². The topological polar surface area (TPSA) is 33.1 Å². The highest BCUT2D eigenvalue weighted by Crippen LogP contribution is 2.26. The van der Waals surface area contributed by atoms with E-state index in [1.165, 1.54) is 56.6 Å². The lowest BCUT2D eigenvalue weighted by molar-refractivity contribution is 0.145. The van der Waals surface area contributed by atoms with Crippen LogP contribution in [0.4, 0.5) is 0 Å². The van der Waals surface area contributed by atoms with Gasteiger partial charge in [0.15, 0.2) is 0 Å². The summed E-state index contributed by atoms with van der Waals surface area (Å²) < 4.78 is 2.17. The Labute approximate surface area is 161 Å². The first kappa shape index (κ1) is 17.0. The second-order valence-corrected chi connectivity index (χ2v) is 8.11. The van der Waals surface area contributed by atoms with Gasteiger partial charge in [0.05, 0.1) is 11.0 Å². The molecule has 1 N–H and O–H groups in total. The van der Waals surface area contributed by atoms with Gasteiger partial charge >= 0.3 is 0 Å². The third-order valence-electron chi connectivity index (χ3n) is 6.28. The van der Waals surface area contributed by atoms with Gasteiger partial charge in [0.25, 0.3) is 0 Å². The van der Waals surface area contributed by atoms with Crippen molar-refractivity contribution in [3.63, 3.8) is 0 Å². The normalized spacial score (nSPS) is 23.9. The minimum Gasteiger partial charge on any atom is -0.314 e. The zero-order valence-corrected chi connectivity index (χ0v) is 15.8. The quantitative estimate of drug-likeness (QED) is 0.764. The molecule has 3 heterocycles. The van der Waals surface area contributed by atoms with Gasteiger partial charge in [0.2, 0.25) is 0 Å². The molecule has 27 heavy (non-hydrogen) atoms. The van der Waals surface area contributed by atoms with Crippen LogP contribution in [-0.4, -0.2) is 40.1 Å². The van der Waals surface area contributed by atoms with Crippen molar-refractivity contribution in [2.75, 3.05) is 19.6 Å². The summed E-state index contributed by atoms with van der Waals surface area (Å²) in [5.74, 6) is 0.831. The number of aromatic nitrogens is 2.